The number of hydrogen-bond acceptors (Lipinski definition) is 14. The van der Waals surface area contributed by atoms with E-state index in [1.54, 1.807) is 6.92 Å². The van der Waals surface area contributed by atoms with E-state index in [0.717, 1.165) is 36.0 Å². The molecule has 14 heteroatoms. The molecule has 0 amide bonds. The van der Waals surface area contributed by atoms with Gasteiger partial charge in [-0.1, -0.05) is 93.9 Å². The molecule has 0 unspecified atom stereocenters. The number of carbonyl (C=O) groups excluding carboxylic acids is 4. The largest absolute Gasteiger partial charge is 0.519 e. The van der Waals surface area contributed by atoms with E-state index < -0.39 is 88.1 Å². The number of ether oxygens (including phenoxy) is 4. The number of ketones is 1. The van der Waals surface area contributed by atoms with Crippen LogP contribution in [0.25, 0.3) is 0 Å². The van der Waals surface area contributed by atoms with Crippen molar-refractivity contribution >= 4 is 23.9 Å². The summed E-state index contributed by atoms with van der Waals surface area (Å²) in [5.74, 6) is -3.48. The van der Waals surface area contributed by atoms with E-state index >= 15 is 4.79 Å². The zero-order valence-corrected chi connectivity index (χ0v) is 40.2. The standard InChI is InChI=1S/C54H62O14/c1-31-38(65-47(59)63-31)29-61-45(57)54(8)40-19-22-53(7)43(51(40,5)21-20-41(54)67-46(58)62-30-39-32(2)64-48(60)66-39)37(55)27-35-36-28-50(4,24-23-49(36,3)25-26-52(35,53)6)44(56)68-42(33-15-11-9-12-16-33)34-17-13-10-14-18-34/h9-18,27,36,40-43H,19-26,28-30H2,1-8H3/t36-,40+,41-,43+,49+,50-,51-,52+,53+,54-/m0/s1. The van der Waals surface area contributed by atoms with Gasteiger partial charge in [0.05, 0.1) is 5.41 Å². The number of rotatable bonds is 10. The fourth-order valence-electron chi connectivity index (χ4n) is 13.9. The number of benzene rings is 2. The lowest BCUT2D eigenvalue weighted by molar-refractivity contribution is -0.220. The summed E-state index contributed by atoms with van der Waals surface area (Å²) >= 11 is 0. The van der Waals surface area contributed by atoms with Crippen LogP contribution in [-0.4, -0.2) is 30.0 Å². The fraction of sp³-hybridized carbons (Fsp3) is 0.556. The molecular weight excluding hydrogens is 873 g/mol. The van der Waals surface area contributed by atoms with Crippen LogP contribution in [0.15, 0.2) is 99.6 Å². The van der Waals surface area contributed by atoms with Crippen LogP contribution in [0.1, 0.15) is 140 Å². The number of allylic oxidation sites excluding steroid dienone is 2. The third kappa shape index (κ3) is 7.60. The highest BCUT2D eigenvalue weighted by molar-refractivity contribution is 5.96. The molecule has 4 fully saturated rings. The van der Waals surface area contributed by atoms with E-state index in [1.165, 1.54) is 13.8 Å². The zero-order valence-electron chi connectivity index (χ0n) is 40.2. The van der Waals surface area contributed by atoms with Crippen LogP contribution in [0, 0.1) is 64.1 Å². The first-order chi connectivity index (χ1) is 32.1. The Bertz CT molecular complexity index is 2720. The highest BCUT2D eigenvalue weighted by atomic mass is 16.7. The summed E-state index contributed by atoms with van der Waals surface area (Å²) in [5, 5.41) is 0. The zero-order chi connectivity index (χ0) is 48.6. The third-order valence-corrected chi connectivity index (χ3v) is 18.1. The maximum Gasteiger partial charge on any atom is 0.519 e. The third-order valence-electron chi connectivity index (χ3n) is 18.1. The van der Waals surface area contributed by atoms with E-state index in [-0.39, 0.29) is 52.5 Å². The number of carbonyl (C=O) groups is 4. The molecule has 10 atom stereocenters. The average molecular weight is 935 g/mol. The summed E-state index contributed by atoms with van der Waals surface area (Å²) in [4.78, 5) is 81.8. The normalized spacial score (nSPS) is 34.1. The number of hydrogen-bond donors (Lipinski definition) is 0. The predicted molar refractivity (Wildman–Crippen MR) is 243 cm³/mol. The van der Waals surface area contributed by atoms with Crippen molar-refractivity contribution < 1.29 is 55.8 Å². The Morgan fingerprint density at radius 3 is 1.82 bits per heavy atom. The molecule has 0 saturated heterocycles. The van der Waals surface area contributed by atoms with Gasteiger partial charge < -0.3 is 36.6 Å². The van der Waals surface area contributed by atoms with E-state index in [1.807, 2.05) is 73.7 Å². The molecule has 4 saturated carbocycles. The van der Waals surface area contributed by atoms with Crippen LogP contribution >= 0.6 is 0 Å². The molecule has 0 N–H and O–H groups in total. The molecule has 14 nitrogen and oxygen atoms in total. The van der Waals surface area contributed by atoms with E-state index in [4.69, 9.17) is 36.6 Å². The van der Waals surface area contributed by atoms with Crippen molar-refractivity contribution in [1.29, 1.82) is 0 Å². The number of esters is 2. The molecule has 5 aliphatic carbocycles. The Kier molecular flexibility index (Phi) is 11.7. The van der Waals surface area contributed by atoms with Crippen molar-refractivity contribution in [1.82, 2.24) is 0 Å². The Labute approximate surface area is 395 Å². The van der Waals surface area contributed by atoms with Crippen LogP contribution in [0.4, 0.5) is 4.79 Å². The molecule has 68 heavy (non-hydrogen) atoms. The molecule has 0 bridgehead atoms. The Hall–Kier alpha value is -5.92. The van der Waals surface area contributed by atoms with Crippen molar-refractivity contribution in [2.45, 2.75) is 139 Å². The minimum atomic E-state index is -1.50. The highest BCUT2D eigenvalue weighted by Crippen LogP contribution is 2.75. The van der Waals surface area contributed by atoms with Gasteiger partial charge >= 0.3 is 29.7 Å². The lowest BCUT2D eigenvalue weighted by Crippen LogP contribution is -2.68. The highest BCUT2D eigenvalue weighted by Gasteiger charge is 2.72. The van der Waals surface area contributed by atoms with Gasteiger partial charge in [0.25, 0.3) is 0 Å². The van der Waals surface area contributed by atoms with Gasteiger partial charge in [-0.3, -0.25) is 14.4 Å². The van der Waals surface area contributed by atoms with Gasteiger partial charge in [-0.2, -0.15) is 0 Å². The first-order valence-corrected chi connectivity index (χ1v) is 23.9. The van der Waals surface area contributed by atoms with E-state index in [2.05, 4.69) is 27.7 Å². The van der Waals surface area contributed by atoms with Crippen LogP contribution < -0.4 is 11.6 Å². The molecule has 9 rings (SSSR count). The van der Waals surface area contributed by atoms with Gasteiger partial charge in [-0.15, -0.1) is 0 Å². The molecule has 0 spiro atoms. The van der Waals surface area contributed by atoms with Crippen molar-refractivity contribution in [3.05, 3.63) is 128 Å². The summed E-state index contributed by atoms with van der Waals surface area (Å²) < 4.78 is 43.9. The van der Waals surface area contributed by atoms with Gasteiger partial charge in [0.1, 0.15) is 11.5 Å². The predicted octanol–water partition coefficient (Wildman–Crippen LogP) is 10.5. The first kappa shape index (κ1) is 47.2. The molecule has 362 valence electrons. The second kappa shape index (κ2) is 16.9. The number of aryl methyl sites for hydroxylation is 2. The molecule has 2 aromatic carbocycles. The summed E-state index contributed by atoms with van der Waals surface area (Å²) in [6, 6.07) is 19.6. The molecule has 2 heterocycles. The summed E-state index contributed by atoms with van der Waals surface area (Å²) in [6.07, 6.45) is 4.78. The van der Waals surface area contributed by atoms with Gasteiger partial charge in [-0.05, 0) is 136 Å². The summed E-state index contributed by atoms with van der Waals surface area (Å²) in [5.41, 5.74) is -1.26. The second-order valence-corrected chi connectivity index (χ2v) is 21.8. The smallest absolute Gasteiger partial charge is 0.457 e. The van der Waals surface area contributed by atoms with Crippen LogP contribution in [0.3, 0.4) is 0 Å². The van der Waals surface area contributed by atoms with Crippen molar-refractivity contribution in [3.8, 4) is 0 Å². The van der Waals surface area contributed by atoms with E-state index in [9.17, 15) is 24.0 Å². The summed E-state index contributed by atoms with van der Waals surface area (Å²) in [6.45, 7) is 14.9. The fourth-order valence-corrected chi connectivity index (χ4v) is 13.9. The van der Waals surface area contributed by atoms with E-state index in [0.29, 0.717) is 32.1 Å². The molecule has 0 aliphatic heterocycles. The summed E-state index contributed by atoms with van der Waals surface area (Å²) in [7, 11) is 0. The van der Waals surface area contributed by atoms with Crippen LogP contribution in [0.2, 0.25) is 0 Å². The van der Waals surface area contributed by atoms with Gasteiger partial charge in [0, 0.05) is 5.92 Å². The van der Waals surface area contributed by atoms with Crippen molar-refractivity contribution in [3.63, 3.8) is 0 Å². The topological polar surface area (TPSA) is 192 Å². The SMILES string of the molecule is Cc1oc(=O)oc1COC(=O)O[C@H]1CC[C@@]2(C)[C@@H](CC[C@]3(C)[C@@H]2C(=O)C=C2[C@@H]4C[C@@](C)(C(=O)OC(c5ccccc5)c5ccccc5)CC[C@]4(C)CC[C@]23C)[C@]1(C)C(=O)OCc1oc(=O)oc1C. The second-order valence-electron chi connectivity index (χ2n) is 21.8. The maximum atomic E-state index is 15.4. The molecule has 0 radical (unpaired) electrons. The minimum Gasteiger partial charge on any atom is -0.457 e. The van der Waals surface area contributed by atoms with Crippen LogP contribution in [-0.2, 0) is 46.5 Å². The number of fused-ring (bicyclic) bond motifs is 7. The van der Waals surface area contributed by atoms with Crippen LogP contribution in [0.5, 0.6) is 0 Å². The molecule has 5 aliphatic rings. The van der Waals surface area contributed by atoms with Gasteiger partial charge in [0.2, 0.25) is 0 Å². The molecular formula is C54H62O14. The first-order valence-electron chi connectivity index (χ1n) is 23.9. The monoisotopic (exact) mass is 934 g/mol. The Morgan fingerprint density at radius 1 is 0.676 bits per heavy atom. The Morgan fingerprint density at radius 2 is 1.25 bits per heavy atom. The van der Waals surface area contributed by atoms with Crippen molar-refractivity contribution in [2.75, 3.05) is 0 Å². The maximum absolute atomic E-state index is 15.4. The van der Waals surface area contributed by atoms with Gasteiger partial charge in [-0.25, -0.2) is 14.4 Å². The lowest BCUT2D eigenvalue weighted by atomic mass is 9.33. The molecule has 2 aromatic heterocycles. The average Bonchev–Trinajstić information content (AvgIpc) is 3.82. The quantitative estimate of drug-likeness (QED) is 0.108. The lowest BCUT2D eigenvalue weighted by Gasteiger charge is -2.70. The van der Waals surface area contributed by atoms with Gasteiger partial charge in [0.15, 0.2) is 48.1 Å². The molecule has 4 aromatic rings. The minimum absolute atomic E-state index is 0.00163. The Balaban J connectivity index is 1.02. The van der Waals surface area contributed by atoms with Crippen molar-refractivity contribution in [2.24, 2.45) is 50.2 Å².